The summed E-state index contributed by atoms with van der Waals surface area (Å²) < 4.78 is 0. The summed E-state index contributed by atoms with van der Waals surface area (Å²) >= 11 is 5.18. The molecule has 0 saturated heterocycles. The molecule has 0 aliphatic rings. The molecule has 4 N–H and O–H groups in total. The molecule has 20 heavy (non-hydrogen) atoms. The van der Waals surface area contributed by atoms with Crippen LogP contribution in [0.2, 0.25) is 0 Å². The Morgan fingerprint density at radius 3 is 2.70 bits per heavy atom. The number of aliphatic hydroxyl groups is 1. The fraction of sp³-hybridized carbons (Fsp3) is 0.286. The Morgan fingerprint density at radius 1 is 1.40 bits per heavy atom. The van der Waals surface area contributed by atoms with Crippen LogP contribution in [0.4, 0.5) is 0 Å². The van der Waals surface area contributed by atoms with Crippen molar-refractivity contribution >= 4 is 17.2 Å². The second kappa shape index (κ2) is 7.14. The zero-order valence-corrected chi connectivity index (χ0v) is 11.9. The zero-order valence-electron chi connectivity index (χ0n) is 11.1. The van der Waals surface area contributed by atoms with E-state index in [4.69, 9.17) is 18.0 Å². The highest BCUT2D eigenvalue weighted by Crippen LogP contribution is 2.21. The van der Waals surface area contributed by atoms with Crippen LogP contribution in [0.25, 0.3) is 0 Å². The van der Waals surface area contributed by atoms with Crippen LogP contribution < -0.4 is 5.73 Å². The lowest BCUT2D eigenvalue weighted by Gasteiger charge is -2.29. The molecule has 1 heterocycles. The van der Waals surface area contributed by atoms with E-state index in [9.17, 15) is 5.11 Å². The highest BCUT2D eigenvalue weighted by atomic mass is 32.1. The number of aliphatic hydroxyl groups excluding tert-OH is 1. The Bertz CT molecular complexity index is 529. The minimum atomic E-state index is -0.264. The van der Waals surface area contributed by atoms with Gasteiger partial charge < -0.3 is 15.8 Å². The van der Waals surface area contributed by atoms with Gasteiger partial charge in [0.1, 0.15) is 6.04 Å². The number of H-pyrrole nitrogens is 1. The Labute approximate surface area is 123 Å². The van der Waals surface area contributed by atoms with Gasteiger partial charge in [0.15, 0.2) is 0 Å². The molecular weight excluding hydrogens is 272 g/mol. The molecule has 0 bridgehead atoms. The Morgan fingerprint density at radius 2 is 2.15 bits per heavy atom. The number of benzene rings is 1. The maximum Gasteiger partial charge on any atom is 0.103 e. The topological polar surface area (TPSA) is 78.2 Å². The second-order valence-electron chi connectivity index (χ2n) is 4.49. The number of thiocarbonyl (C=S) groups is 1. The van der Waals surface area contributed by atoms with E-state index in [2.05, 4.69) is 9.97 Å². The standard InChI is InChI=1S/C14H18N4OS/c15-14(20)13(12-8-16-10-17-12)18(6-7-19)9-11-4-2-1-3-5-11/h1-5,8,10,13,19H,6-7,9H2,(H2,15,20)(H,16,17). The van der Waals surface area contributed by atoms with Crippen molar-refractivity contribution in [3.8, 4) is 0 Å². The molecule has 0 saturated carbocycles. The highest BCUT2D eigenvalue weighted by Gasteiger charge is 2.24. The molecule has 1 aromatic heterocycles. The lowest BCUT2D eigenvalue weighted by Crippen LogP contribution is -2.38. The third-order valence-corrected chi connectivity index (χ3v) is 3.29. The van der Waals surface area contributed by atoms with Crippen molar-refractivity contribution < 1.29 is 5.11 Å². The third kappa shape index (κ3) is 3.63. The van der Waals surface area contributed by atoms with E-state index in [1.54, 1.807) is 12.5 Å². The minimum absolute atomic E-state index is 0.0418. The van der Waals surface area contributed by atoms with E-state index < -0.39 is 0 Å². The van der Waals surface area contributed by atoms with Gasteiger partial charge in [0.05, 0.1) is 23.6 Å². The predicted octanol–water partition coefficient (Wildman–Crippen LogP) is 1.23. The smallest absolute Gasteiger partial charge is 0.103 e. The van der Waals surface area contributed by atoms with Crippen molar-refractivity contribution in [3.63, 3.8) is 0 Å². The van der Waals surface area contributed by atoms with Crippen LogP contribution >= 0.6 is 12.2 Å². The van der Waals surface area contributed by atoms with Gasteiger partial charge in [0.2, 0.25) is 0 Å². The van der Waals surface area contributed by atoms with Crippen LogP contribution in [0, 0.1) is 0 Å². The first-order chi connectivity index (χ1) is 9.72. The van der Waals surface area contributed by atoms with E-state index in [0.717, 1.165) is 11.3 Å². The number of aromatic nitrogens is 2. The lowest BCUT2D eigenvalue weighted by molar-refractivity contribution is 0.171. The summed E-state index contributed by atoms with van der Waals surface area (Å²) in [6.07, 6.45) is 3.31. The quantitative estimate of drug-likeness (QED) is 0.669. The predicted molar refractivity (Wildman–Crippen MR) is 82.1 cm³/mol. The van der Waals surface area contributed by atoms with Crippen molar-refractivity contribution in [2.45, 2.75) is 12.6 Å². The number of hydrogen-bond donors (Lipinski definition) is 3. The van der Waals surface area contributed by atoms with Gasteiger partial charge in [-0.25, -0.2) is 4.98 Å². The summed E-state index contributed by atoms with van der Waals surface area (Å²) in [4.78, 5) is 9.45. The maximum absolute atomic E-state index is 9.29. The summed E-state index contributed by atoms with van der Waals surface area (Å²) in [6, 6.07) is 9.75. The number of hydrogen-bond acceptors (Lipinski definition) is 4. The first kappa shape index (κ1) is 14.6. The third-order valence-electron chi connectivity index (χ3n) is 3.06. The molecule has 0 radical (unpaired) electrons. The van der Waals surface area contributed by atoms with Crippen LogP contribution in [-0.2, 0) is 6.54 Å². The van der Waals surface area contributed by atoms with E-state index >= 15 is 0 Å². The SMILES string of the molecule is NC(=S)C(c1cnc[nH]1)N(CCO)Cc1ccccc1. The van der Waals surface area contributed by atoms with Gasteiger partial charge in [0.25, 0.3) is 0 Å². The highest BCUT2D eigenvalue weighted by molar-refractivity contribution is 7.80. The van der Waals surface area contributed by atoms with Crippen LogP contribution in [-0.4, -0.2) is 38.1 Å². The first-order valence-electron chi connectivity index (χ1n) is 6.39. The summed E-state index contributed by atoms with van der Waals surface area (Å²) in [5, 5.41) is 9.29. The molecule has 0 aliphatic heterocycles. The normalized spacial score (nSPS) is 12.5. The van der Waals surface area contributed by atoms with Crippen LogP contribution in [0.3, 0.4) is 0 Å². The molecule has 0 amide bonds. The Balaban J connectivity index is 2.23. The van der Waals surface area contributed by atoms with Crippen molar-refractivity contribution in [2.75, 3.05) is 13.2 Å². The molecule has 1 aromatic carbocycles. The van der Waals surface area contributed by atoms with Crippen LogP contribution in [0.15, 0.2) is 42.9 Å². The van der Waals surface area contributed by atoms with Gasteiger partial charge in [0, 0.05) is 19.3 Å². The van der Waals surface area contributed by atoms with Crippen molar-refractivity contribution in [2.24, 2.45) is 5.73 Å². The van der Waals surface area contributed by atoms with E-state index in [1.165, 1.54) is 0 Å². The van der Waals surface area contributed by atoms with Gasteiger partial charge in [-0.15, -0.1) is 0 Å². The largest absolute Gasteiger partial charge is 0.395 e. The molecule has 1 atom stereocenters. The van der Waals surface area contributed by atoms with Gasteiger partial charge in [-0.2, -0.15) is 0 Å². The molecule has 2 rings (SSSR count). The molecule has 1 unspecified atom stereocenters. The van der Waals surface area contributed by atoms with Crippen molar-refractivity contribution in [3.05, 3.63) is 54.1 Å². The molecule has 2 aromatic rings. The van der Waals surface area contributed by atoms with Crippen LogP contribution in [0.5, 0.6) is 0 Å². The first-order valence-corrected chi connectivity index (χ1v) is 6.79. The Kier molecular flexibility index (Phi) is 5.23. The van der Waals surface area contributed by atoms with Crippen molar-refractivity contribution in [1.29, 1.82) is 0 Å². The number of nitrogens with two attached hydrogens (primary N) is 1. The average molecular weight is 290 g/mol. The zero-order chi connectivity index (χ0) is 14.4. The lowest BCUT2D eigenvalue weighted by atomic mass is 10.1. The van der Waals surface area contributed by atoms with Crippen molar-refractivity contribution in [1.82, 2.24) is 14.9 Å². The van der Waals surface area contributed by atoms with Gasteiger partial charge in [-0.3, -0.25) is 4.90 Å². The van der Waals surface area contributed by atoms with Gasteiger partial charge in [-0.05, 0) is 5.56 Å². The van der Waals surface area contributed by atoms with E-state index in [-0.39, 0.29) is 12.6 Å². The summed E-state index contributed by atoms with van der Waals surface area (Å²) in [5.41, 5.74) is 7.85. The fourth-order valence-corrected chi connectivity index (χ4v) is 2.47. The number of nitrogens with zero attached hydrogens (tertiary/aromatic N) is 2. The summed E-state index contributed by atoms with van der Waals surface area (Å²) in [5.74, 6) is 0. The van der Waals surface area contributed by atoms with Gasteiger partial charge in [-0.1, -0.05) is 42.5 Å². The molecule has 0 spiro atoms. The molecule has 0 fully saturated rings. The average Bonchev–Trinajstić information content (AvgIpc) is 2.93. The molecule has 5 nitrogen and oxygen atoms in total. The summed E-state index contributed by atoms with van der Waals surface area (Å²) in [7, 11) is 0. The molecular formula is C14H18N4OS. The fourth-order valence-electron chi connectivity index (χ4n) is 2.19. The number of rotatable bonds is 7. The van der Waals surface area contributed by atoms with E-state index in [0.29, 0.717) is 18.1 Å². The van der Waals surface area contributed by atoms with E-state index in [1.807, 2.05) is 35.2 Å². The summed E-state index contributed by atoms with van der Waals surface area (Å²) in [6.45, 7) is 1.18. The number of nitrogens with one attached hydrogen (secondary N) is 1. The van der Waals surface area contributed by atoms with Crippen LogP contribution in [0.1, 0.15) is 17.3 Å². The van der Waals surface area contributed by atoms with Gasteiger partial charge >= 0.3 is 0 Å². The monoisotopic (exact) mass is 290 g/mol. The maximum atomic E-state index is 9.29. The molecule has 106 valence electrons. The molecule has 0 aliphatic carbocycles. The number of imidazole rings is 1. The minimum Gasteiger partial charge on any atom is -0.395 e. The molecule has 6 heteroatoms. The number of aromatic amines is 1. The second-order valence-corrected chi connectivity index (χ2v) is 4.96. The Hall–Kier alpha value is -1.76.